The molecular weight excluding hydrogens is 194 g/mol. The summed E-state index contributed by atoms with van der Waals surface area (Å²) in [5, 5.41) is 2.55. The summed E-state index contributed by atoms with van der Waals surface area (Å²) in [7, 11) is 0. The van der Waals surface area contributed by atoms with Crippen molar-refractivity contribution in [2.75, 3.05) is 0 Å². The zero-order valence-corrected chi connectivity index (χ0v) is 10.0. The number of fused-ring (bicyclic) bond motifs is 1. The fourth-order valence-electron chi connectivity index (χ4n) is 2.16. The predicted molar refractivity (Wildman–Crippen MR) is 70.4 cm³/mol. The molecule has 84 valence electrons. The van der Waals surface area contributed by atoms with Crippen LogP contribution in [0.2, 0.25) is 0 Å². The van der Waals surface area contributed by atoms with Crippen LogP contribution in [-0.4, -0.2) is 0 Å². The SMILES string of the molecule is CCC(N)(CC)c1ccc2ccccc2c1. The normalized spacial score (nSPS) is 11.9. The summed E-state index contributed by atoms with van der Waals surface area (Å²) >= 11 is 0. The van der Waals surface area contributed by atoms with Crippen LogP contribution in [-0.2, 0) is 5.54 Å². The summed E-state index contributed by atoms with van der Waals surface area (Å²) in [6, 6.07) is 15.0. The Balaban J connectivity index is 2.54. The maximum absolute atomic E-state index is 6.41. The minimum absolute atomic E-state index is 0.177. The van der Waals surface area contributed by atoms with Crippen LogP contribution in [0.5, 0.6) is 0 Å². The van der Waals surface area contributed by atoms with Crippen LogP contribution in [0.1, 0.15) is 32.3 Å². The molecule has 0 bridgehead atoms. The quantitative estimate of drug-likeness (QED) is 0.824. The van der Waals surface area contributed by atoms with Gasteiger partial charge in [0, 0.05) is 5.54 Å². The van der Waals surface area contributed by atoms with Crippen molar-refractivity contribution >= 4 is 10.8 Å². The van der Waals surface area contributed by atoms with Gasteiger partial charge in [0.15, 0.2) is 0 Å². The van der Waals surface area contributed by atoms with Crippen molar-refractivity contribution in [2.45, 2.75) is 32.2 Å². The van der Waals surface area contributed by atoms with E-state index in [1.54, 1.807) is 0 Å². The Morgan fingerprint density at radius 2 is 1.56 bits per heavy atom. The molecule has 0 amide bonds. The van der Waals surface area contributed by atoms with Crippen molar-refractivity contribution in [1.82, 2.24) is 0 Å². The van der Waals surface area contributed by atoms with E-state index < -0.39 is 0 Å². The first-order chi connectivity index (χ1) is 7.69. The standard InChI is InChI=1S/C15H19N/c1-3-15(16,4-2)14-10-9-12-7-5-6-8-13(12)11-14/h5-11H,3-4,16H2,1-2H3. The summed E-state index contributed by atoms with van der Waals surface area (Å²) in [6.45, 7) is 4.30. The molecule has 2 aromatic carbocycles. The highest BCUT2D eigenvalue weighted by Crippen LogP contribution is 2.28. The lowest BCUT2D eigenvalue weighted by Gasteiger charge is -2.27. The van der Waals surface area contributed by atoms with Gasteiger partial charge < -0.3 is 5.73 Å². The minimum atomic E-state index is -0.177. The van der Waals surface area contributed by atoms with E-state index in [-0.39, 0.29) is 5.54 Å². The second kappa shape index (κ2) is 4.26. The second-order valence-electron chi connectivity index (χ2n) is 4.43. The predicted octanol–water partition coefficient (Wildman–Crippen LogP) is 3.81. The Hall–Kier alpha value is -1.34. The van der Waals surface area contributed by atoms with Crippen LogP contribution >= 0.6 is 0 Å². The molecule has 2 aromatic rings. The van der Waals surface area contributed by atoms with Gasteiger partial charge >= 0.3 is 0 Å². The highest BCUT2D eigenvalue weighted by Gasteiger charge is 2.22. The number of rotatable bonds is 3. The minimum Gasteiger partial charge on any atom is -0.321 e. The van der Waals surface area contributed by atoms with Gasteiger partial charge in [0.05, 0.1) is 0 Å². The van der Waals surface area contributed by atoms with E-state index in [2.05, 4.69) is 56.3 Å². The smallest absolute Gasteiger partial charge is 0.0404 e. The van der Waals surface area contributed by atoms with E-state index >= 15 is 0 Å². The van der Waals surface area contributed by atoms with Gasteiger partial charge in [-0.3, -0.25) is 0 Å². The number of hydrogen-bond donors (Lipinski definition) is 1. The van der Waals surface area contributed by atoms with Gasteiger partial charge in [-0.2, -0.15) is 0 Å². The molecular formula is C15H19N. The van der Waals surface area contributed by atoms with Gasteiger partial charge in [0.1, 0.15) is 0 Å². The Kier molecular flexibility index (Phi) is 2.97. The first kappa shape index (κ1) is 11.2. The Labute approximate surface area is 97.3 Å². The molecule has 0 atom stereocenters. The van der Waals surface area contributed by atoms with E-state index in [1.807, 2.05) is 0 Å². The van der Waals surface area contributed by atoms with E-state index in [0.29, 0.717) is 0 Å². The van der Waals surface area contributed by atoms with Crippen molar-refractivity contribution in [3.05, 3.63) is 48.0 Å². The molecule has 0 aromatic heterocycles. The van der Waals surface area contributed by atoms with Crippen LogP contribution in [0.3, 0.4) is 0 Å². The van der Waals surface area contributed by atoms with Crippen LogP contribution in [0.4, 0.5) is 0 Å². The monoisotopic (exact) mass is 213 g/mol. The molecule has 0 spiro atoms. The van der Waals surface area contributed by atoms with Gasteiger partial charge in [0.2, 0.25) is 0 Å². The van der Waals surface area contributed by atoms with Gasteiger partial charge in [-0.05, 0) is 35.2 Å². The van der Waals surface area contributed by atoms with Gasteiger partial charge in [-0.1, -0.05) is 50.2 Å². The first-order valence-electron chi connectivity index (χ1n) is 5.98. The van der Waals surface area contributed by atoms with Crippen molar-refractivity contribution in [3.8, 4) is 0 Å². The Morgan fingerprint density at radius 1 is 0.938 bits per heavy atom. The van der Waals surface area contributed by atoms with E-state index in [9.17, 15) is 0 Å². The fraction of sp³-hybridized carbons (Fsp3) is 0.333. The fourth-order valence-corrected chi connectivity index (χ4v) is 2.16. The Morgan fingerprint density at radius 3 is 2.19 bits per heavy atom. The molecule has 0 aliphatic rings. The van der Waals surface area contributed by atoms with Crippen LogP contribution < -0.4 is 5.73 Å². The topological polar surface area (TPSA) is 26.0 Å². The van der Waals surface area contributed by atoms with Crippen molar-refractivity contribution in [2.24, 2.45) is 5.73 Å². The van der Waals surface area contributed by atoms with Gasteiger partial charge in [0.25, 0.3) is 0 Å². The first-order valence-corrected chi connectivity index (χ1v) is 5.98. The average molecular weight is 213 g/mol. The van der Waals surface area contributed by atoms with Crippen LogP contribution in [0, 0.1) is 0 Å². The third-order valence-corrected chi connectivity index (χ3v) is 3.59. The van der Waals surface area contributed by atoms with Crippen LogP contribution in [0.25, 0.3) is 10.8 Å². The number of nitrogens with two attached hydrogens (primary N) is 1. The largest absolute Gasteiger partial charge is 0.321 e. The summed E-state index contributed by atoms with van der Waals surface area (Å²) in [6.07, 6.45) is 1.95. The van der Waals surface area contributed by atoms with E-state index in [1.165, 1.54) is 16.3 Å². The Bertz CT molecular complexity index is 484. The summed E-state index contributed by atoms with van der Waals surface area (Å²) in [5.41, 5.74) is 7.48. The summed E-state index contributed by atoms with van der Waals surface area (Å²) < 4.78 is 0. The zero-order valence-electron chi connectivity index (χ0n) is 10.0. The van der Waals surface area contributed by atoms with Crippen molar-refractivity contribution < 1.29 is 0 Å². The van der Waals surface area contributed by atoms with Crippen molar-refractivity contribution in [1.29, 1.82) is 0 Å². The molecule has 16 heavy (non-hydrogen) atoms. The van der Waals surface area contributed by atoms with Gasteiger partial charge in [-0.25, -0.2) is 0 Å². The highest BCUT2D eigenvalue weighted by atomic mass is 14.7. The second-order valence-corrected chi connectivity index (χ2v) is 4.43. The molecule has 0 heterocycles. The number of hydrogen-bond acceptors (Lipinski definition) is 1. The number of benzene rings is 2. The molecule has 1 nitrogen and oxygen atoms in total. The van der Waals surface area contributed by atoms with E-state index in [4.69, 9.17) is 5.73 Å². The lowest BCUT2D eigenvalue weighted by atomic mass is 9.85. The molecule has 0 unspecified atom stereocenters. The molecule has 1 heteroatoms. The maximum Gasteiger partial charge on any atom is 0.0404 e. The molecule has 0 aliphatic carbocycles. The average Bonchev–Trinajstić information content (AvgIpc) is 2.37. The zero-order chi connectivity index (χ0) is 11.6. The third kappa shape index (κ3) is 1.83. The van der Waals surface area contributed by atoms with Gasteiger partial charge in [-0.15, -0.1) is 0 Å². The summed E-state index contributed by atoms with van der Waals surface area (Å²) in [4.78, 5) is 0. The lowest BCUT2D eigenvalue weighted by molar-refractivity contribution is 0.413. The molecule has 0 saturated carbocycles. The van der Waals surface area contributed by atoms with E-state index in [0.717, 1.165) is 12.8 Å². The molecule has 0 radical (unpaired) electrons. The van der Waals surface area contributed by atoms with Crippen LogP contribution in [0.15, 0.2) is 42.5 Å². The molecule has 2 rings (SSSR count). The third-order valence-electron chi connectivity index (χ3n) is 3.59. The highest BCUT2D eigenvalue weighted by molar-refractivity contribution is 5.83. The summed E-state index contributed by atoms with van der Waals surface area (Å²) in [5.74, 6) is 0. The maximum atomic E-state index is 6.41. The van der Waals surface area contributed by atoms with Crippen molar-refractivity contribution in [3.63, 3.8) is 0 Å². The molecule has 0 aliphatic heterocycles. The molecule has 0 saturated heterocycles. The molecule has 0 fully saturated rings. The molecule has 2 N–H and O–H groups in total. The lowest BCUT2D eigenvalue weighted by Crippen LogP contribution is -2.34.